The van der Waals surface area contributed by atoms with Gasteiger partial charge < -0.3 is 14.2 Å². The molecule has 3 rings (SSSR count). The first-order valence-electron chi connectivity index (χ1n) is 8.22. The Labute approximate surface area is 183 Å². The SMILES string of the molecule is COc1cc(/C=C2\N=C(c3ccc([N+](=O)[O-])cc3Cl)OC2=O)cc(Br)c1OC(C)=O. The Morgan fingerprint density at radius 2 is 2.07 bits per heavy atom. The van der Waals surface area contributed by atoms with Crippen LogP contribution < -0.4 is 9.47 Å². The molecular weight excluding hydrogens is 484 g/mol. The molecule has 30 heavy (non-hydrogen) atoms. The molecule has 0 N–H and O–H groups in total. The van der Waals surface area contributed by atoms with Gasteiger partial charge in [-0.15, -0.1) is 0 Å². The van der Waals surface area contributed by atoms with E-state index in [4.69, 9.17) is 25.8 Å². The number of nitrogens with zero attached hydrogens (tertiary/aromatic N) is 2. The molecule has 0 radical (unpaired) electrons. The number of ether oxygens (including phenoxy) is 3. The Balaban J connectivity index is 1.97. The first-order valence-corrected chi connectivity index (χ1v) is 9.39. The number of hydrogen-bond donors (Lipinski definition) is 0. The minimum absolute atomic E-state index is 0.0198. The fourth-order valence-corrected chi connectivity index (χ4v) is 3.34. The molecule has 2 aromatic carbocycles. The average Bonchev–Trinajstić information content (AvgIpc) is 3.03. The van der Waals surface area contributed by atoms with Crippen LogP contribution in [-0.4, -0.2) is 29.9 Å². The van der Waals surface area contributed by atoms with Crippen LogP contribution in [0.25, 0.3) is 6.08 Å². The second-order valence-corrected chi connectivity index (χ2v) is 7.15. The van der Waals surface area contributed by atoms with Crippen molar-refractivity contribution in [2.45, 2.75) is 6.92 Å². The number of non-ortho nitro benzene ring substituents is 1. The first kappa shape index (κ1) is 21.5. The number of carbonyl (C=O) groups is 2. The summed E-state index contributed by atoms with van der Waals surface area (Å²) in [7, 11) is 1.41. The molecule has 1 aliphatic heterocycles. The molecule has 154 valence electrons. The number of hydrogen-bond acceptors (Lipinski definition) is 8. The Hall–Kier alpha value is -3.24. The van der Waals surface area contributed by atoms with Gasteiger partial charge >= 0.3 is 11.9 Å². The lowest BCUT2D eigenvalue weighted by molar-refractivity contribution is -0.384. The smallest absolute Gasteiger partial charge is 0.363 e. The third-order valence-electron chi connectivity index (χ3n) is 3.82. The Morgan fingerprint density at radius 1 is 1.33 bits per heavy atom. The van der Waals surface area contributed by atoms with Crippen LogP contribution in [0.5, 0.6) is 11.5 Å². The van der Waals surface area contributed by atoms with Gasteiger partial charge in [-0.3, -0.25) is 14.9 Å². The predicted molar refractivity (Wildman–Crippen MR) is 111 cm³/mol. The standard InChI is InChI=1S/C19H12BrClN2O7/c1-9(24)29-17-13(20)5-10(7-16(17)28-2)6-15-19(25)30-18(22-15)12-4-3-11(23(26)27)8-14(12)21/h3-8H,1-2H3/b15-6-. The number of benzene rings is 2. The molecule has 0 saturated carbocycles. The van der Waals surface area contributed by atoms with Crippen molar-refractivity contribution in [1.29, 1.82) is 0 Å². The summed E-state index contributed by atoms with van der Waals surface area (Å²) in [5.74, 6) is -0.857. The van der Waals surface area contributed by atoms with E-state index < -0.39 is 16.9 Å². The van der Waals surface area contributed by atoms with Crippen molar-refractivity contribution < 1.29 is 28.7 Å². The number of methoxy groups -OCH3 is 1. The number of esters is 2. The first-order chi connectivity index (χ1) is 14.2. The Kier molecular flexibility index (Phi) is 6.18. The summed E-state index contributed by atoms with van der Waals surface area (Å²) in [5, 5.41) is 10.9. The fraction of sp³-hybridized carbons (Fsp3) is 0.105. The summed E-state index contributed by atoms with van der Waals surface area (Å²) in [6, 6.07) is 6.88. The summed E-state index contributed by atoms with van der Waals surface area (Å²) in [5.41, 5.74) is 0.534. The van der Waals surface area contributed by atoms with Crippen LogP contribution in [0, 0.1) is 10.1 Å². The average molecular weight is 496 g/mol. The molecule has 11 heteroatoms. The maximum Gasteiger partial charge on any atom is 0.363 e. The van der Waals surface area contributed by atoms with Crippen molar-refractivity contribution in [3.05, 3.63) is 66.8 Å². The van der Waals surface area contributed by atoms with Crippen molar-refractivity contribution >= 4 is 57.1 Å². The van der Waals surface area contributed by atoms with Crippen LogP contribution in [0.3, 0.4) is 0 Å². The Morgan fingerprint density at radius 3 is 2.67 bits per heavy atom. The maximum atomic E-state index is 12.2. The second kappa shape index (κ2) is 8.64. The van der Waals surface area contributed by atoms with E-state index in [1.807, 2.05) is 0 Å². The summed E-state index contributed by atoms with van der Waals surface area (Å²) in [6.07, 6.45) is 1.44. The number of cyclic esters (lactones) is 1. The summed E-state index contributed by atoms with van der Waals surface area (Å²) in [4.78, 5) is 37.9. The largest absolute Gasteiger partial charge is 0.493 e. The lowest BCUT2D eigenvalue weighted by atomic mass is 10.1. The quantitative estimate of drug-likeness (QED) is 0.200. The maximum absolute atomic E-state index is 12.2. The van der Waals surface area contributed by atoms with Gasteiger partial charge in [-0.25, -0.2) is 9.79 Å². The topological polar surface area (TPSA) is 117 Å². The molecule has 0 spiro atoms. The van der Waals surface area contributed by atoms with Gasteiger partial charge in [0.25, 0.3) is 5.69 Å². The number of halogens is 2. The van der Waals surface area contributed by atoms with Crippen molar-refractivity contribution in [2.75, 3.05) is 7.11 Å². The highest BCUT2D eigenvalue weighted by Gasteiger charge is 2.27. The van der Waals surface area contributed by atoms with Crippen LogP contribution in [0.1, 0.15) is 18.1 Å². The predicted octanol–water partition coefficient (Wildman–Crippen LogP) is 4.29. The van der Waals surface area contributed by atoms with E-state index in [-0.39, 0.29) is 39.4 Å². The van der Waals surface area contributed by atoms with Crippen molar-refractivity contribution in [3.8, 4) is 11.5 Å². The summed E-state index contributed by atoms with van der Waals surface area (Å²) < 4.78 is 15.9. The molecule has 0 aromatic heterocycles. The van der Waals surface area contributed by atoms with Gasteiger partial charge in [0.2, 0.25) is 5.90 Å². The molecule has 1 heterocycles. The highest BCUT2D eigenvalue weighted by atomic mass is 79.9. The van der Waals surface area contributed by atoms with E-state index in [2.05, 4.69) is 20.9 Å². The Bertz CT molecular complexity index is 1140. The van der Waals surface area contributed by atoms with Gasteiger partial charge in [-0.05, 0) is 45.8 Å². The van der Waals surface area contributed by atoms with E-state index in [0.717, 1.165) is 6.07 Å². The molecule has 2 aromatic rings. The molecule has 9 nitrogen and oxygen atoms in total. The zero-order valence-corrected chi connectivity index (χ0v) is 17.8. The van der Waals surface area contributed by atoms with Crippen molar-refractivity contribution in [3.63, 3.8) is 0 Å². The second-order valence-electron chi connectivity index (χ2n) is 5.89. The molecular formula is C19H12BrClN2O7. The molecule has 0 aliphatic carbocycles. The molecule has 0 unspecified atom stereocenters. The number of aliphatic imine (C=N–C) groups is 1. The minimum atomic E-state index is -0.724. The lowest BCUT2D eigenvalue weighted by Gasteiger charge is -2.11. The number of carbonyl (C=O) groups excluding carboxylic acids is 2. The van der Waals surface area contributed by atoms with Crippen LogP contribution >= 0.6 is 27.5 Å². The molecule has 0 bridgehead atoms. The molecule has 1 aliphatic rings. The van der Waals surface area contributed by atoms with Gasteiger partial charge in [-0.1, -0.05) is 11.6 Å². The van der Waals surface area contributed by atoms with Gasteiger partial charge in [0.15, 0.2) is 17.2 Å². The van der Waals surface area contributed by atoms with Gasteiger partial charge in [0.1, 0.15) is 0 Å². The number of nitro benzene ring substituents is 1. The van der Waals surface area contributed by atoms with Crippen molar-refractivity contribution in [1.82, 2.24) is 0 Å². The normalized spacial score (nSPS) is 14.3. The monoisotopic (exact) mass is 494 g/mol. The highest BCUT2D eigenvalue weighted by Crippen LogP contribution is 2.37. The fourth-order valence-electron chi connectivity index (χ4n) is 2.54. The zero-order chi connectivity index (χ0) is 22.0. The minimum Gasteiger partial charge on any atom is -0.493 e. The van der Waals surface area contributed by atoms with Crippen LogP contribution in [-0.2, 0) is 14.3 Å². The lowest BCUT2D eigenvalue weighted by Crippen LogP contribution is -2.06. The van der Waals surface area contributed by atoms with Gasteiger partial charge in [-0.2, -0.15) is 0 Å². The van der Waals surface area contributed by atoms with Gasteiger partial charge in [0, 0.05) is 19.1 Å². The third-order valence-corrected chi connectivity index (χ3v) is 4.72. The van der Waals surface area contributed by atoms with Crippen LogP contribution in [0.15, 0.2) is 45.5 Å². The van der Waals surface area contributed by atoms with E-state index in [0.29, 0.717) is 10.0 Å². The van der Waals surface area contributed by atoms with Crippen LogP contribution in [0.2, 0.25) is 5.02 Å². The molecule has 0 atom stereocenters. The van der Waals surface area contributed by atoms with Gasteiger partial charge in [0.05, 0.1) is 27.1 Å². The highest BCUT2D eigenvalue weighted by molar-refractivity contribution is 9.10. The summed E-state index contributed by atoms with van der Waals surface area (Å²) in [6.45, 7) is 1.26. The molecule has 0 amide bonds. The molecule has 0 saturated heterocycles. The number of nitro groups is 1. The van der Waals surface area contributed by atoms with Crippen LogP contribution in [0.4, 0.5) is 5.69 Å². The van der Waals surface area contributed by atoms with E-state index >= 15 is 0 Å². The van der Waals surface area contributed by atoms with E-state index in [1.54, 1.807) is 12.1 Å². The third kappa shape index (κ3) is 4.50. The number of rotatable bonds is 5. The summed E-state index contributed by atoms with van der Waals surface area (Å²) >= 11 is 9.37. The zero-order valence-electron chi connectivity index (χ0n) is 15.5. The van der Waals surface area contributed by atoms with E-state index in [9.17, 15) is 19.7 Å². The van der Waals surface area contributed by atoms with Crippen molar-refractivity contribution in [2.24, 2.45) is 4.99 Å². The van der Waals surface area contributed by atoms with E-state index in [1.165, 1.54) is 32.2 Å². The molecule has 0 fully saturated rings.